The molecule has 0 saturated carbocycles. The number of hydrogen-bond donors (Lipinski definition) is 1. The van der Waals surface area contributed by atoms with Crippen molar-refractivity contribution in [2.75, 3.05) is 0 Å². The largest absolute Gasteiger partial charge is 0.506 e. The zero-order chi connectivity index (χ0) is 21.8. The summed E-state index contributed by atoms with van der Waals surface area (Å²) in [5.74, 6) is -0.299. The predicted molar refractivity (Wildman–Crippen MR) is 128 cm³/mol. The number of hydrogen-bond acceptors (Lipinski definition) is 4. The first kappa shape index (κ1) is 21.5. The lowest BCUT2D eigenvalue weighted by molar-refractivity contribution is -0.122. The molecule has 1 saturated heterocycles. The van der Waals surface area contributed by atoms with Crippen LogP contribution >= 0.6 is 35.0 Å². The molecule has 1 aliphatic heterocycles. The fourth-order valence-electron chi connectivity index (χ4n) is 3.11. The first-order valence-electron chi connectivity index (χ1n) is 9.53. The van der Waals surface area contributed by atoms with Crippen molar-refractivity contribution in [3.63, 3.8) is 0 Å². The molecule has 3 aromatic carbocycles. The highest BCUT2D eigenvalue weighted by Gasteiger charge is 2.33. The summed E-state index contributed by atoms with van der Waals surface area (Å²) < 4.78 is 0. The van der Waals surface area contributed by atoms with Crippen LogP contribution in [-0.4, -0.2) is 21.1 Å². The highest BCUT2D eigenvalue weighted by atomic mass is 35.5. The molecule has 4 rings (SSSR count). The van der Waals surface area contributed by atoms with Gasteiger partial charge in [0.05, 0.1) is 23.0 Å². The minimum Gasteiger partial charge on any atom is -0.506 e. The monoisotopic (exact) mass is 468 g/mol. The van der Waals surface area contributed by atoms with Crippen LogP contribution in [0.25, 0.3) is 6.08 Å². The Morgan fingerprint density at radius 1 is 0.968 bits per heavy atom. The van der Waals surface area contributed by atoms with Crippen LogP contribution in [0, 0.1) is 0 Å². The fourth-order valence-corrected chi connectivity index (χ4v) is 4.59. The van der Waals surface area contributed by atoms with Gasteiger partial charge >= 0.3 is 0 Å². The van der Waals surface area contributed by atoms with Crippen LogP contribution in [0.3, 0.4) is 0 Å². The number of nitrogens with zero attached hydrogens (tertiary/aromatic N) is 2. The molecule has 0 aliphatic carbocycles. The summed E-state index contributed by atoms with van der Waals surface area (Å²) in [4.78, 5) is 20.0. The van der Waals surface area contributed by atoms with Gasteiger partial charge in [0.15, 0.2) is 5.17 Å². The summed E-state index contributed by atoms with van der Waals surface area (Å²) >= 11 is 13.4. The molecule has 156 valence electrons. The van der Waals surface area contributed by atoms with Crippen LogP contribution < -0.4 is 0 Å². The molecule has 0 radical (unpaired) electrons. The molecule has 0 bridgehead atoms. The van der Waals surface area contributed by atoms with Gasteiger partial charge in [0.1, 0.15) is 5.75 Å². The minimum absolute atomic E-state index is 0.115. The van der Waals surface area contributed by atoms with Gasteiger partial charge in [-0.15, -0.1) is 0 Å². The van der Waals surface area contributed by atoms with E-state index in [0.717, 1.165) is 11.1 Å². The zero-order valence-corrected chi connectivity index (χ0v) is 18.7. The van der Waals surface area contributed by atoms with Crippen molar-refractivity contribution >= 4 is 52.1 Å². The maximum Gasteiger partial charge on any atom is 0.267 e. The second-order valence-corrected chi connectivity index (χ2v) is 8.75. The number of carbonyl (C=O) groups excluding carboxylic acids is 1. The van der Waals surface area contributed by atoms with E-state index in [1.165, 1.54) is 17.8 Å². The van der Waals surface area contributed by atoms with Crippen LogP contribution in [0.2, 0.25) is 10.0 Å². The van der Waals surface area contributed by atoms with Gasteiger partial charge in [0.2, 0.25) is 0 Å². The van der Waals surface area contributed by atoms with Crippen molar-refractivity contribution in [3.8, 4) is 5.75 Å². The second kappa shape index (κ2) is 9.60. The van der Waals surface area contributed by atoms with Crippen molar-refractivity contribution in [2.45, 2.75) is 13.1 Å². The Bertz CT molecular complexity index is 1160. The van der Waals surface area contributed by atoms with Gasteiger partial charge < -0.3 is 5.11 Å². The molecular formula is C24H18Cl2N2O2S. The summed E-state index contributed by atoms with van der Waals surface area (Å²) in [5, 5.41) is 11.4. The van der Waals surface area contributed by atoms with Crippen LogP contribution in [0.5, 0.6) is 5.75 Å². The second-order valence-electron chi connectivity index (χ2n) is 6.90. The third-order valence-corrected chi connectivity index (χ3v) is 6.21. The molecule has 7 heteroatoms. The maximum absolute atomic E-state index is 13.2. The van der Waals surface area contributed by atoms with Crippen molar-refractivity contribution in [1.82, 2.24) is 4.90 Å². The summed E-state index contributed by atoms with van der Waals surface area (Å²) in [6.07, 6.45) is 1.60. The normalized spacial score (nSPS) is 16.5. The molecule has 4 nitrogen and oxygen atoms in total. The summed E-state index contributed by atoms with van der Waals surface area (Å²) in [5.41, 5.74) is 2.44. The Labute approximate surface area is 194 Å². The van der Waals surface area contributed by atoms with E-state index in [4.69, 9.17) is 28.2 Å². The van der Waals surface area contributed by atoms with Gasteiger partial charge in [0.25, 0.3) is 5.91 Å². The molecule has 31 heavy (non-hydrogen) atoms. The number of amidine groups is 1. The molecule has 0 aromatic heterocycles. The summed E-state index contributed by atoms with van der Waals surface area (Å²) in [7, 11) is 0. The van der Waals surface area contributed by atoms with Crippen molar-refractivity contribution < 1.29 is 9.90 Å². The van der Waals surface area contributed by atoms with E-state index in [2.05, 4.69) is 0 Å². The third kappa shape index (κ3) is 5.13. The van der Waals surface area contributed by atoms with E-state index < -0.39 is 0 Å². The van der Waals surface area contributed by atoms with Crippen molar-refractivity contribution in [3.05, 3.63) is 104 Å². The molecular weight excluding hydrogens is 451 g/mol. The van der Waals surface area contributed by atoms with E-state index in [1.807, 2.05) is 60.7 Å². The number of phenolic OH excluding ortho intramolecular Hbond substituents is 1. The smallest absolute Gasteiger partial charge is 0.267 e. The van der Waals surface area contributed by atoms with E-state index in [0.29, 0.717) is 33.7 Å². The number of rotatable bonds is 5. The predicted octanol–water partition coefficient (Wildman–Crippen LogP) is 6.37. The molecule has 0 unspecified atom stereocenters. The maximum atomic E-state index is 13.2. The fraction of sp³-hybridized carbons (Fsp3) is 0.0833. The minimum atomic E-state index is -0.184. The highest BCUT2D eigenvalue weighted by Crippen LogP contribution is 2.38. The highest BCUT2D eigenvalue weighted by molar-refractivity contribution is 8.18. The lowest BCUT2D eigenvalue weighted by atomic mass is 10.1. The average molecular weight is 469 g/mol. The Morgan fingerprint density at radius 3 is 2.29 bits per heavy atom. The molecule has 1 aliphatic rings. The lowest BCUT2D eigenvalue weighted by Crippen LogP contribution is -2.28. The summed E-state index contributed by atoms with van der Waals surface area (Å²) in [6.45, 7) is 0.864. The molecule has 3 aromatic rings. The van der Waals surface area contributed by atoms with E-state index in [-0.39, 0.29) is 16.7 Å². The van der Waals surface area contributed by atoms with Gasteiger partial charge in [-0.1, -0.05) is 83.9 Å². The number of phenols is 1. The SMILES string of the molecule is O=C1/C(=C/c2cc(Cl)cc(Cl)c2O)SC(=NCc2ccccc2)N1Cc1ccccc1. The number of aliphatic imine (C=N–C) groups is 1. The van der Waals surface area contributed by atoms with Crippen LogP contribution in [-0.2, 0) is 17.9 Å². The standard InChI is InChI=1S/C24H18Cl2N2O2S/c25-19-11-18(22(29)20(26)13-19)12-21-23(30)28(15-17-9-5-2-6-10-17)24(31-21)27-14-16-7-3-1-4-8-16/h1-13,29H,14-15H2/b21-12-,27-24?. The quantitative estimate of drug-likeness (QED) is 0.442. The van der Waals surface area contributed by atoms with Crippen molar-refractivity contribution in [1.29, 1.82) is 0 Å². The average Bonchev–Trinajstić information content (AvgIpc) is 3.06. The number of amides is 1. The van der Waals surface area contributed by atoms with Crippen molar-refractivity contribution in [2.24, 2.45) is 4.99 Å². The molecule has 0 atom stereocenters. The van der Waals surface area contributed by atoms with E-state index in [9.17, 15) is 9.90 Å². The van der Waals surface area contributed by atoms with Crippen LogP contribution in [0.4, 0.5) is 0 Å². The Balaban J connectivity index is 1.68. The summed E-state index contributed by atoms with van der Waals surface area (Å²) in [6, 6.07) is 22.6. The molecule has 0 spiro atoms. The van der Waals surface area contributed by atoms with Crippen LogP contribution in [0.1, 0.15) is 16.7 Å². The number of halogens is 2. The van der Waals surface area contributed by atoms with Gasteiger partial charge in [-0.2, -0.15) is 0 Å². The van der Waals surface area contributed by atoms with Gasteiger partial charge in [-0.25, -0.2) is 0 Å². The Morgan fingerprint density at radius 2 is 1.61 bits per heavy atom. The van der Waals surface area contributed by atoms with Crippen LogP contribution in [0.15, 0.2) is 82.7 Å². The topological polar surface area (TPSA) is 52.9 Å². The van der Waals surface area contributed by atoms with Gasteiger partial charge in [-0.3, -0.25) is 14.7 Å². The number of benzene rings is 3. The number of carbonyl (C=O) groups is 1. The van der Waals surface area contributed by atoms with Gasteiger partial charge in [0, 0.05) is 10.6 Å². The first-order chi connectivity index (χ1) is 15.0. The molecule has 1 heterocycles. The number of aromatic hydroxyl groups is 1. The lowest BCUT2D eigenvalue weighted by Gasteiger charge is -2.15. The first-order valence-corrected chi connectivity index (χ1v) is 11.1. The van der Waals surface area contributed by atoms with Gasteiger partial charge in [-0.05, 0) is 41.1 Å². The van der Waals surface area contributed by atoms with E-state index >= 15 is 0 Å². The number of thioether (sulfide) groups is 1. The molecule has 1 amide bonds. The Hall–Kier alpha value is -2.73. The Kier molecular flexibility index (Phi) is 6.66. The molecule has 1 fully saturated rings. The third-order valence-electron chi connectivity index (χ3n) is 4.66. The molecule has 1 N–H and O–H groups in total. The van der Waals surface area contributed by atoms with E-state index in [1.54, 1.807) is 17.0 Å². The zero-order valence-electron chi connectivity index (χ0n) is 16.3.